The van der Waals surface area contributed by atoms with E-state index in [0.29, 0.717) is 25.9 Å². The van der Waals surface area contributed by atoms with Gasteiger partial charge in [0.2, 0.25) is 0 Å². The summed E-state index contributed by atoms with van der Waals surface area (Å²) < 4.78 is 0. The predicted octanol–water partition coefficient (Wildman–Crippen LogP) is 1.42. The van der Waals surface area contributed by atoms with Crippen molar-refractivity contribution in [1.29, 1.82) is 0 Å². The molecule has 0 radical (unpaired) electrons. The van der Waals surface area contributed by atoms with Crippen molar-refractivity contribution in [1.82, 2.24) is 20.1 Å². The number of carbonyl (C=O) groups excluding carboxylic acids is 2. The van der Waals surface area contributed by atoms with E-state index in [9.17, 15) is 9.59 Å². The molecule has 0 aliphatic carbocycles. The third-order valence-corrected chi connectivity index (χ3v) is 4.94. The van der Waals surface area contributed by atoms with Crippen LogP contribution in [0, 0.1) is 0 Å². The first-order valence-corrected chi connectivity index (χ1v) is 8.42. The molecular formula is C17H24N4O2. The number of imide groups is 1. The number of amides is 3. The molecule has 1 aromatic rings. The van der Waals surface area contributed by atoms with Crippen LogP contribution in [-0.4, -0.2) is 58.4 Å². The first kappa shape index (κ1) is 15.9. The molecule has 3 heterocycles. The minimum atomic E-state index is -0.606. The van der Waals surface area contributed by atoms with E-state index in [1.165, 1.54) is 4.90 Å². The highest BCUT2D eigenvalue weighted by molar-refractivity contribution is 6.07. The minimum absolute atomic E-state index is 0.00274. The number of likely N-dealkylation sites (N-methyl/N-ethyl adjacent to an activating group) is 1. The van der Waals surface area contributed by atoms with Gasteiger partial charge in [0.05, 0.1) is 0 Å². The number of nitrogens with one attached hydrogen (secondary N) is 1. The Bertz CT molecular complexity index is 569. The number of carbonyl (C=O) groups is 2. The van der Waals surface area contributed by atoms with E-state index in [-0.39, 0.29) is 11.9 Å². The molecule has 6 nitrogen and oxygen atoms in total. The van der Waals surface area contributed by atoms with Crippen LogP contribution in [-0.2, 0) is 11.2 Å². The molecule has 3 amide bonds. The molecule has 2 aliphatic rings. The lowest BCUT2D eigenvalue weighted by Crippen LogP contribution is -2.55. The quantitative estimate of drug-likeness (QED) is 0.835. The van der Waals surface area contributed by atoms with E-state index in [2.05, 4.69) is 10.3 Å². The molecule has 0 saturated carbocycles. The first-order valence-electron chi connectivity index (χ1n) is 8.42. The number of pyridine rings is 1. The van der Waals surface area contributed by atoms with Crippen LogP contribution in [0.5, 0.6) is 0 Å². The predicted molar refractivity (Wildman–Crippen MR) is 86.9 cm³/mol. The summed E-state index contributed by atoms with van der Waals surface area (Å²) >= 11 is 0. The summed E-state index contributed by atoms with van der Waals surface area (Å²) in [4.78, 5) is 32.9. The van der Waals surface area contributed by atoms with Crippen LogP contribution in [0.15, 0.2) is 24.5 Å². The van der Waals surface area contributed by atoms with E-state index in [1.807, 2.05) is 25.3 Å². The van der Waals surface area contributed by atoms with Gasteiger partial charge in [-0.25, -0.2) is 4.79 Å². The summed E-state index contributed by atoms with van der Waals surface area (Å²) in [6.45, 7) is 4.61. The highest BCUT2D eigenvalue weighted by atomic mass is 16.2. The second-order valence-electron chi connectivity index (χ2n) is 6.23. The normalized spacial score (nSPS) is 20.6. The lowest BCUT2D eigenvalue weighted by Gasteiger charge is -2.37. The zero-order valence-electron chi connectivity index (χ0n) is 13.6. The number of rotatable bonds is 5. The van der Waals surface area contributed by atoms with Gasteiger partial charge in [0.1, 0.15) is 5.54 Å². The van der Waals surface area contributed by atoms with Gasteiger partial charge < -0.3 is 10.2 Å². The fraction of sp³-hybridized carbons (Fsp3) is 0.588. The monoisotopic (exact) mass is 316 g/mol. The van der Waals surface area contributed by atoms with Crippen LogP contribution in [0.1, 0.15) is 31.7 Å². The van der Waals surface area contributed by atoms with Crippen LogP contribution < -0.4 is 5.32 Å². The zero-order chi connectivity index (χ0) is 16.3. The van der Waals surface area contributed by atoms with Crippen LogP contribution in [0.2, 0.25) is 0 Å². The van der Waals surface area contributed by atoms with Crippen LogP contribution in [0.25, 0.3) is 0 Å². The number of piperidine rings is 1. The van der Waals surface area contributed by atoms with Gasteiger partial charge in [0.15, 0.2) is 0 Å². The molecule has 2 fully saturated rings. The average molecular weight is 316 g/mol. The Hall–Kier alpha value is -1.95. The minimum Gasteiger partial charge on any atom is -0.317 e. The van der Waals surface area contributed by atoms with E-state index in [0.717, 1.165) is 31.5 Å². The summed E-state index contributed by atoms with van der Waals surface area (Å²) in [6, 6.07) is 3.81. The van der Waals surface area contributed by atoms with Crippen molar-refractivity contribution in [3.8, 4) is 0 Å². The van der Waals surface area contributed by atoms with Gasteiger partial charge in [-0.15, -0.1) is 0 Å². The topological polar surface area (TPSA) is 65.5 Å². The Morgan fingerprint density at radius 1 is 1.30 bits per heavy atom. The molecule has 1 spiro atoms. The summed E-state index contributed by atoms with van der Waals surface area (Å²) in [5.41, 5.74) is 0.529. The van der Waals surface area contributed by atoms with E-state index < -0.39 is 5.54 Å². The Morgan fingerprint density at radius 3 is 2.74 bits per heavy atom. The van der Waals surface area contributed by atoms with Gasteiger partial charge in [-0.05, 0) is 57.3 Å². The lowest BCUT2D eigenvalue weighted by atomic mass is 9.86. The number of aryl methyl sites for hydroxylation is 1. The summed E-state index contributed by atoms with van der Waals surface area (Å²) in [5, 5.41) is 3.28. The van der Waals surface area contributed by atoms with Crippen LogP contribution in [0.4, 0.5) is 4.79 Å². The maximum Gasteiger partial charge on any atom is 0.327 e. The van der Waals surface area contributed by atoms with Gasteiger partial charge in [0.25, 0.3) is 5.91 Å². The standard InChI is InChI=1S/C17H24N4O2/c1-2-21-16(23)20(12-4-6-14-5-3-9-19-13-14)15(22)17(21)7-10-18-11-8-17/h3,5,9,13,18H,2,4,6-8,10-12H2,1H3. The molecule has 0 unspecified atom stereocenters. The van der Waals surface area contributed by atoms with Crippen LogP contribution >= 0.6 is 0 Å². The van der Waals surface area contributed by atoms with Gasteiger partial charge >= 0.3 is 6.03 Å². The fourth-order valence-electron chi connectivity index (χ4n) is 3.73. The number of nitrogens with zero attached hydrogens (tertiary/aromatic N) is 3. The van der Waals surface area contributed by atoms with Crippen molar-refractivity contribution in [2.24, 2.45) is 0 Å². The van der Waals surface area contributed by atoms with E-state index in [4.69, 9.17) is 0 Å². The molecule has 2 saturated heterocycles. The second kappa shape index (κ2) is 6.66. The molecule has 1 N–H and O–H groups in total. The maximum absolute atomic E-state index is 12.9. The van der Waals surface area contributed by atoms with E-state index in [1.54, 1.807) is 11.1 Å². The smallest absolute Gasteiger partial charge is 0.317 e. The summed E-state index contributed by atoms with van der Waals surface area (Å²) in [7, 11) is 0. The van der Waals surface area contributed by atoms with Crippen molar-refractivity contribution >= 4 is 11.9 Å². The van der Waals surface area contributed by atoms with Crippen LogP contribution in [0.3, 0.4) is 0 Å². The van der Waals surface area contributed by atoms with Gasteiger partial charge in [-0.3, -0.25) is 14.7 Å². The third kappa shape index (κ3) is 2.83. The van der Waals surface area contributed by atoms with Crippen molar-refractivity contribution < 1.29 is 9.59 Å². The van der Waals surface area contributed by atoms with Crippen molar-refractivity contribution in [2.45, 2.75) is 38.1 Å². The van der Waals surface area contributed by atoms with Crippen molar-refractivity contribution in [3.05, 3.63) is 30.1 Å². The maximum atomic E-state index is 12.9. The third-order valence-electron chi connectivity index (χ3n) is 4.94. The Morgan fingerprint density at radius 2 is 2.09 bits per heavy atom. The Kier molecular flexibility index (Phi) is 4.61. The van der Waals surface area contributed by atoms with Gasteiger partial charge in [0, 0.05) is 25.5 Å². The lowest BCUT2D eigenvalue weighted by molar-refractivity contribution is -0.134. The molecule has 6 heteroatoms. The highest BCUT2D eigenvalue weighted by Crippen LogP contribution is 2.35. The van der Waals surface area contributed by atoms with Crippen molar-refractivity contribution in [3.63, 3.8) is 0 Å². The van der Waals surface area contributed by atoms with Gasteiger partial charge in [-0.1, -0.05) is 6.07 Å². The number of aromatic nitrogens is 1. The number of hydrogen-bond acceptors (Lipinski definition) is 4. The first-order chi connectivity index (χ1) is 11.2. The molecule has 2 aliphatic heterocycles. The summed E-state index contributed by atoms with van der Waals surface area (Å²) in [6.07, 6.45) is 6.60. The number of urea groups is 1. The molecule has 3 rings (SSSR count). The Labute approximate surface area is 136 Å². The Balaban J connectivity index is 1.67. The fourth-order valence-corrected chi connectivity index (χ4v) is 3.73. The van der Waals surface area contributed by atoms with E-state index >= 15 is 0 Å². The SMILES string of the molecule is CCN1C(=O)N(CCCc2cccnc2)C(=O)C12CCNCC2. The average Bonchev–Trinajstić information content (AvgIpc) is 2.77. The molecule has 0 bridgehead atoms. The molecular weight excluding hydrogens is 292 g/mol. The van der Waals surface area contributed by atoms with Crippen molar-refractivity contribution in [2.75, 3.05) is 26.2 Å². The number of hydrogen-bond donors (Lipinski definition) is 1. The second-order valence-corrected chi connectivity index (χ2v) is 6.23. The molecule has 23 heavy (non-hydrogen) atoms. The summed E-state index contributed by atoms with van der Waals surface area (Å²) in [5.74, 6) is -0.00274. The molecule has 0 aromatic carbocycles. The molecule has 124 valence electrons. The highest BCUT2D eigenvalue weighted by Gasteiger charge is 2.56. The zero-order valence-corrected chi connectivity index (χ0v) is 13.6. The molecule has 0 atom stereocenters. The van der Waals surface area contributed by atoms with Gasteiger partial charge in [-0.2, -0.15) is 0 Å². The molecule has 1 aromatic heterocycles. The largest absolute Gasteiger partial charge is 0.327 e.